The summed E-state index contributed by atoms with van der Waals surface area (Å²) >= 11 is 0. The van der Waals surface area contributed by atoms with Gasteiger partial charge < -0.3 is 4.74 Å². The third kappa shape index (κ3) is 4.05. The van der Waals surface area contributed by atoms with Gasteiger partial charge >= 0.3 is 5.97 Å². The zero-order valence-electron chi connectivity index (χ0n) is 13.6. The Morgan fingerprint density at radius 2 is 2.17 bits per heavy atom. The minimum Gasteiger partial charge on any atom is -0.465 e. The number of fused-ring (bicyclic) bond motifs is 1. The van der Waals surface area contributed by atoms with Crippen LogP contribution in [0.3, 0.4) is 0 Å². The van der Waals surface area contributed by atoms with Gasteiger partial charge in [-0.15, -0.1) is 0 Å². The zero-order valence-corrected chi connectivity index (χ0v) is 13.6. The molecule has 2 rings (SSSR count). The molecule has 0 amide bonds. The maximum absolute atomic E-state index is 11.9. The number of carbonyl (C=O) groups is 1. The predicted octanol–water partition coefficient (Wildman–Crippen LogP) is 3.15. The van der Waals surface area contributed by atoms with Crippen molar-refractivity contribution in [1.82, 2.24) is 9.88 Å². The summed E-state index contributed by atoms with van der Waals surface area (Å²) in [4.78, 5) is 18.6. The number of hydrogen-bond donors (Lipinski definition) is 0. The Morgan fingerprint density at radius 3 is 2.87 bits per heavy atom. The van der Waals surface area contributed by atoms with Crippen molar-refractivity contribution in [2.75, 3.05) is 20.2 Å². The van der Waals surface area contributed by atoms with Gasteiger partial charge in [0, 0.05) is 31.1 Å². The molecular weight excluding hydrogens is 290 g/mol. The van der Waals surface area contributed by atoms with Crippen LogP contribution in [0.25, 0.3) is 10.9 Å². The summed E-state index contributed by atoms with van der Waals surface area (Å²) in [5.41, 5.74) is 2.39. The van der Waals surface area contributed by atoms with Crippen LogP contribution in [-0.2, 0) is 11.3 Å². The maximum Gasteiger partial charge on any atom is 0.338 e. The lowest BCUT2D eigenvalue weighted by Crippen LogP contribution is -2.25. The molecule has 1 aromatic carbocycles. The summed E-state index contributed by atoms with van der Waals surface area (Å²) < 4.78 is 4.84. The third-order valence-corrected chi connectivity index (χ3v) is 3.73. The Hall–Kier alpha value is -2.45. The summed E-state index contributed by atoms with van der Waals surface area (Å²) in [6, 6.07) is 9.62. The van der Waals surface area contributed by atoms with Gasteiger partial charge in [0.05, 0.1) is 24.3 Å². The number of benzene rings is 1. The van der Waals surface area contributed by atoms with Gasteiger partial charge in [0.2, 0.25) is 0 Å². The number of carbonyl (C=O) groups excluding carboxylic acids is 1. The Bertz CT molecular complexity index is 722. The molecule has 0 aliphatic rings. The molecule has 23 heavy (non-hydrogen) atoms. The van der Waals surface area contributed by atoms with E-state index in [1.54, 1.807) is 12.3 Å². The topological polar surface area (TPSA) is 66.2 Å². The number of nitrogens with zero attached hydrogens (tertiary/aromatic N) is 3. The number of rotatable bonds is 7. The van der Waals surface area contributed by atoms with Crippen LogP contribution in [0.4, 0.5) is 0 Å². The summed E-state index contributed by atoms with van der Waals surface area (Å²) in [5, 5.41) is 9.61. The van der Waals surface area contributed by atoms with Gasteiger partial charge in [-0.25, -0.2) is 4.79 Å². The van der Waals surface area contributed by atoms with Crippen LogP contribution in [0.2, 0.25) is 0 Å². The lowest BCUT2D eigenvalue weighted by molar-refractivity contribution is 0.0603. The van der Waals surface area contributed by atoms with E-state index in [1.165, 1.54) is 7.11 Å². The molecule has 0 spiro atoms. The van der Waals surface area contributed by atoms with Crippen LogP contribution in [0.1, 0.15) is 35.7 Å². The molecule has 1 heterocycles. The van der Waals surface area contributed by atoms with Gasteiger partial charge in [0.1, 0.15) is 0 Å². The highest BCUT2D eigenvalue weighted by atomic mass is 16.5. The van der Waals surface area contributed by atoms with E-state index in [1.807, 2.05) is 18.2 Å². The minimum absolute atomic E-state index is 0.357. The number of methoxy groups -OCH3 is 1. The summed E-state index contributed by atoms with van der Waals surface area (Å²) in [7, 11) is 1.38. The predicted molar refractivity (Wildman–Crippen MR) is 88.9 cm³/mol. The van der Waals surface area contributed by atoms with E-state index < -0.39 is 0 Å². The first-order chi connectivity index (χ1) is 11.2. The second-order valence-corrected chi connectivity index (χ2v) is 5.35. The van der Waals surface area contributed by atoms with Gasteiger partial charge in [0.15, 0.2) is 0 Å². The van der Waals surface area contributed by atoms with E-state index in [0.717, 1.165) is 36.0 Å². The number of nitriles is 1. The molecular formula is C18H21N3O2. The molecule has 0 atom stereocenters. The molecule has 1 aromatic heterocycles. The quantitative estimate of drug-likeness (QED) is 0.735. The molecule has 0 fully saturated rings. The molecule has 0 unspecified atom stereocenters. The van der Waals surface area contributed by atoms with Crippen LogP contribution in [-0.4, -0.2) is 36.1 Å². The van der Waals surface area contributed by atoms with E-state index in [2.05, 4.69) is 22.9 Å². The average Bonchev–Trinajstić information content (AvgIpc) is 2.59. The molecule has 5 nitrogen and oxygen atoms in total. The van der Waals surface area contributed by atoms with Crippen LogP contribution < -0.4 is 0 Å². The lowest BCUT2D eigenvalue weighted by Gasteiger charge is -2.21. The molecule has 0 radical (unpaired) electrons. The summed E-state index contributed by atoms with van der Waals surface area (Å²) in [6.07, 6.45) is 3.26. The van der Waals surface area contributed by atoms with E-state index >= 15 is 0 Å². The van der Waals surface area contributed by atoms with Crippen molar-refractivity contribution in [2.45, 2.75) is 26.3 Å². The smallest absolute Gasteiger partial charge is 0.338 e. The van der Waals surface area contributed by atoms with Gasteiger partial charge in [-0.3, -0.25) is 9.88 Å². The first kappa shape index (κ1) is 16.9. The monoisotopic (exact) mass is 311 g/mol. The Morgan fingerprint density at radius 1 is 1.35 bits per heavy atom. The lowest BCUT2D eigenvalue weighted by atomic mass is 10.0. The first-order valence-corrected chi connectivity index (χ1v) is 7.75. The van der Waals surface area contributed by atoms with Crippen molar-refractivity contribution in [3.63, 3.8) is 0 Å². The minimum atomic E-state index is -0.357. The fraction of sp³-hybridized carbons (Fsp3) is 0.389. The van der Waals surface area contributed by atoms with Crippen molar-refractivity contribution < 1.29 is 9.53 Å². The van der Waals surface area contributed by atoms with Gasteiger partial charge in [-0.1, -0.05) is 19.1 Å². The Labute approximate surface area is 136 Å². The summed E-state index contributed by atoms with van der Waals surface area (Å²) in [6.45, 7) is 4.49. The first-order valence-electron chi connectivity index (χ1n) is 7.75. The number of aromatic nitrogens is 1. The van der Waals surface area contributed by atoms with Crippen LogP contribution in [0.15, 0.2) is 30.5 Å². The SMILES string of the molecule is CCCN(CCC#N)Cc1ccc(C(=O)OC)c2cccnc12. The van der Waals surface area contributed by atoms with Crippen LogP contribution in [0, 0.1) is 11.3 Å². The second-order valence-electron chi connectivity index (χ2n) is 5.35. The average molecular weight is 311 g/mol. The molecule has 0 saturated heterocycles. The zero-order chi connectivity index (χ0) is 16.7. The molecule has 120 valence electrons. The Kier molecular flexibility index (Phi) is 6.07. The van der Waals surface area contributed by atoms with Gasteiger partial charge in [0.25, 0.3) is 0 Å². The van der Waals surface area contributed by atoms with Gasteiger partial charge in [-0.05, 0) is 30.7 Å². The third-order valence-electron chi connectivity index (χ3n) is 3.73. The van der Waals surface area contributed by atoms with E-state index in [4.69, 9.17) is 10.00 Å². The molecule has 0 bridgehead atoms. The highest BCUT2D eigenvalue weighted by Crippen LogP contribution is 2.23. The normalized spacial score (nSPS) is 10.7. The number of ether oxygens (including phenoxy) is 1. The number of esters is 1. The second kappa shape index (κ2) is 8.25. The van der Waals surface area contributed by atoms with Crippen molar-refractivity contribution in [3.8, 4) is 6.07 Å². The fourth-order valence-corrected chi connectivity index (χ4v) is 2.68. The molecule has 0 N–H and O–H groups in total. The molecule has 5 heteroatoms. The van der Waals surface area contributed by atoms with E-state index in [0.29, 0.717) is 18.5 Å². The van der Waals surface area contributed by atoms with Crippen LogP contribution >= 0.6 is 0 Å². The van der Waals surface area contributed by atoms with Crippen molar-refractivity contribution in [2.24, 2.45) is 0 Å². The molecule has 0 aliphatic carbocycles. The number of pyridine rings is 1. The highest BCUT2D eigenvalue weighted by Gasteiger charge is 2.15. The van der Waals surface area contributed by atoms with Crippen molar-refractivity contribution >= 4 is 16.9 Å². The molecule has 2 aromatic rings. The summed E-state index contributed by atoms with van der Waals surface area (Å²) in [5.74, 6) is -0.357. The number of hydrogen-bond acceptors (Lipinski definition) is 5. The van der Waals surface area contributed by atoms with Gasteiger partial charge in [-0.2, -0.15) is 5.26 Å². The fourth-order valence-electron chi connectivity index (χ4n) is 2.68. The highest BCUT2D eigenvalue weighted by molar-refractivity contribution is 6.04. The van der Waals surface area contributed by atoms with E-state index in [9.17, 15) is 4.79 Å². The van der Waals surface area contributed by atoms with Crippen molar-refractivity contribution in [1.29, 1.82) is 5.26 Å². The maximum atomic E-state index is 11.9. The molecule has 0 aliphatic heterocycles. The van der Waals surface area contributed by atoms with E-state index in [-0.39, 0.29) is 5.97 Å². The van der Waals surface area contributed by atoms with Crippen molar-refractivity contribution in [3.05, 3.63) is 41.6 Å². The molecule has 0 saturated carbocycles. The standard InChI is InChI=1S/C18H21N3O2/c1-3-11-21(12-5-9-19)13-14-7-8-16(18(22)23-2)15-6-4-10-20-17(14)15/h4,6-8,10H,3,5,11-13H2,1-2H3. The Balaban J connectivity index is 2.38. The van der Waals surface area contributed by atoms with Crippen LogP contribution in [0.5, 0.6) is 0 Å². The largest absolute Gasteiger partial charge is 0.465 e.